The van der Waals surface area contributed by atoms with Crippen molar-refractivity contribution in [3.05, 3.63) is 72.6 Å². The molecule has 0 aliphatic rings. The highest BCUT2D eigenvalue weighted by atomic mass is 16.5. The van der Waals surface area contributed by atoms with Crippen molar-refractivity contribution in [2.75, 3.05) is 0 Å². The Bertz CT molecular complexity index is 777. The summed E-state index contributed by atoms with van der Waals surface area (Å²) in [7, 11) is 0. The third-order valence-electron chi connectivity index (χ3n) is 2.91. The van der Waals surface area contributed by atoms with E-state index in [2.05, 4.69) is 16.0 Å². The smallest absolute Gasteiger partial charge is 0.321 e. The van der Waals surface area contributed by atoms with Gasteiger partial charge in [0.2, 0.25) is 0 Å². The molecule has 0 saturated carbocycles. The second kappa shape index (κ2) is 5.85. The quantitative estimate of drug-likeness (QED) is 0.728. The average molecular weight is 273 g/mol. The molecule has 1 aromatic heterocycles. The molecule has 3 rings (SSSR count). The van der Waals surface area contributed by atoms with Gasteiger partial charge in [-0.25, -0.2) is 9.97 Å². The van der Waals surface area contributed by atoms with E-state index >= 15 is 0 Å². The lowest BCUT2D eigenvalue weighted by atomic mass is 10.1. The van der Waals surface area contributed by atoms with Crippen LogP contribution in [0.2, 0.25) is 0 Å². The van der Waals surface area contributed by atoms with Crippen molar-refractivity contribution in [1.29, 1.82) is 5.26 Å². The highest BCUT2D eigenvalue weighted by Crippen LogP contribution is 2.21. The van der Waals surface area contributed by atoms with Gasteiger partial charge in [-0.05, 0) is 29.8 Å². The van der Waals surface area contributed by atoms with Crippen molar-refractivity contribution in [2.45, 2.75) is 0 Å². The molecule has 0 fully saturated rings. The molecule has 1 heterocycles. The molecule has 2 aromatic carbocycles. The van der Waals surface area contributed by atoms with Gasteiger partial charge >= 0.3 is 6.01 Å². The minimum atomic E-state index is 0.293. The van der Waals surface area contributed by atoms with Crippen LogP contribution in [0.25, 0.3) is 11.1 Å². The maximum Gasteiger partial charge on any atom is 0.321 e. The summed E-state index contributed by atoms with van der Waals surface area (Å²) in [5.41, 5.74) is 2.35. The van der Waals surface area contributed by atoms with Gasteiger partial charge in [0.05, 0.1) is 11.6 Å². The highest BCUT2D eigenvalue weighted by molar-refractivity contribution is 5.63. The van der Waals surface area contributed by atoms with Crippen LogP contribution in [0.3, 0.4) is 0 Å². The molecular weight excluding hydrogens is 262 g/mol. The summed E-state index contributed by atoms with van der Waals surface area (Å²) in [6.45, 7) is 0. The zero-order valence-electron chi connectivity index (χ0n) is 11.1. The van der Waals surface area contributed by atoms with Gasteiger partial charge in [-0.1, -0.05) is 30.3 Å². The van der Waals surface area contributed by atoms with E-state index in [4.69, 9.17) is 10.00 Å². The van der Waals surface area contributed by atoms with Gasteiger partial charge in [0, 0.05) is 18.0 Å². The largest absolute Gasteiger partial charge is 0.424 e. The van der Waals surface area contributed by atoms with Gasteiger partial charge < -0.3 is 4.74 Å². The Morgan fingerprint density at radius 3 is 2.33 bits per heavy atom. The molecule has 100 valence electrons. The fraction of sp³-hybridized carbons (Fsp3) is 0. The molecule has 0 unspecified atom stereocenters. The van der Waals surface area contributed by atoms with E-state index in [9.17, 15) is 0 Å². The van der Waals surface area contributed by atoms with E-state index < -0.39 is 0 Å². The van der Waals surface area contributed by atoms with Crippen molar-refractivity contribution in [2.24, 2.45) is 0 Å². The number of benzene rings is 2. The van der Waals surface area contributed by atoms with Crippen molar-refractivity contribution in [3.8, 4) is 29.0 Å². The first-order valence-corrected chi connectivity index (χ1v) is 6.40. The van der Waals surface area contributed by atoms with Crippen LogP contribution in [-0.4, -0.2) is 9.97 Å². The molecule has 4 heteroatoms. The molecular formula is C17H11N3O. The fourth-order valence-electron chi connectivity index (χ4n) is 1.88. The number of aromatic nitrogens is 2. The summed E-state index contributed by atoms with van der Waals surface area (Å²) in [4.78, 5) is 8.38. The van der Waals surface area contributed by atoms with E-state index in [1.54, 1.807) is 24.5 Å². The molecule has 0 amide bonds. The first-order chi connectivity index (χ1) is 10.3. The first-order valence-electron chi connectivity index (χ1n) is 6.40. The molecule has 0 aliphatic heterocycles. The minimum Gasteiger partial charge on any atom is -0.424 e. The van der Waals surface area contributed by atoms with Gasteiger partial charge in [-0.15, -0.1) is 0 Å². The van der Waals surface area contributed by atoms with Gasteiger partial charge in [-0.2, -0.15) is 5.26 Å². The maximum absolute atomic E-state index is 8.92. The minimum absolute atomic E-state index is 0.293. The number of rotatable bonds is 3. The lowest BCUT2D eigenvalue weighted by molar-refractivity contribution is 0.442. The van der Waals surface area contributed by atoms with Crippen LogP contribution in [0.4, 0.5) is 0 Å². The van der Waals surface area contributed by atoms with Gasteiger partial charge in [0.25, 0.3) is 0 Å². The third kappa shape index (κ3) is 3.04. The number of nitriles is 1. The van der Waals surface area contributed by atoms with Crippen molar-refractivity contribution in [1.82, 2.24) is 9.97 Å². The Kier molecular flexibility index (Phi) is 3.57. The van der Waals surface area contributed by atoms with E-state index in [1.807, 2.05) is 42.5 Å². The van der Waals surface area contributed by atoms with Gasteiger partial charge in [0.1, 0.15) is 5.75 Å². The topological polar surface area (TPSA) is 58.8 Å². The molecule has 0 atom stereocenters. The van der Waals surface area contributed by atoms with Gasteiger partial charge in [-0.3, -0.25) is 0 Å². The molecule has 0 spiro atoms. The third-order valence-corrected chi connectivity index (χ3v) is 2.91. The Labute approximate surface area is 122 Å². The standard InChI is InChI=1S/C17H11N3O/c18-10-13-5-4-6-14(9-13)15-11-19-17(20-12-15)21-16-7-2-1-3-8-16/h1-9,11-12H. The molecule has 21 heavy (non-hydrogen) atoms. The molecule has 3 aromatic rings. The van der Waals surface area contributed by atoms with Crippen LogP contribution in [0.5, 0.6) is 11.8 Å². The summed E-state index contributed by atoms with van der Waals surface area (Å²) >= 11 is 0. The van der Waals surface area contributed by atoms with Crippen molar-refractivity contribution in [3.63, 3.8) is 0 Å². The summed E-state index contributed by atoms with van der Waals surface area (Å²) in [6, 6.07) is 19.1. The van der Waals surface area contributed by atoms with E-state index in [0.29, 0.717) is 17.3 Å². The number of para-hydroxylation sites is 1. The second-order valence-electron chi connectivity index (χ2n) is 4.36. The molecule has 0 radical (unpaired) electrons. The normalized spacial score (nSPS) is 9.86. The Morgan fingerprint density at radius 2 is 1.62 bits per heavy atom. The number of ether oxygens (including phenoxy) is 1. The van der Waals surface area contributed by atoms with Crippen LogP contribution < -0.4 is 4.74 Å². The van der Waals surface area contributed by atoms with Crippen LogP contribution in [-0.2, 0) is 0 Å². The van der Waals surface area contributed by atoms with Crippen LogP contribution in [0.1, 0.15) is 5.56 Å². The van der Waals surface area contributed by atoms with E-state index in [-0.39, 0.29) is 0 Å². The number of hydrogen-bond donors (Lipinski definition) is 0. The van der Waals surface area contributed by atoms with Crippen LogP contribution in [0.15, 0.2) is 67.0 Å². The zero-order chi connectivity index (χ0) is 14.5. The molecule has 0 saturated heterocycles. The van der Waals surface area contributed by atoms with Crippen LogP contribution in [0, 0.1) is 11.3 Å². The first kappa shape index (κ1) is 12.8. The zero-order valence-corrected chi connectivity index (χ0v) is 11.1. The molecule has 0 bridgehead atoms. The van der Waals surface area contributed by atoms with Crippen molar-refractivity contribution < 1.29 is 4.74 Å². The molecule has 0 aliphatic carbocycles. The van der Waals surface area contributed by atoms with E-state index in [0.717, 1.165) is 11.1 Å². The summed E-state index contributed by atoms with van der Waals surface area (Å²) in [5.74, 6) is 0.691. The number of hydrogen-bond acceptors (Lipinski definition) is 4. The summed E-state index contributed by atoms with van der Waals surface area (Å²) < 4.78 is 5.54. The molecule has 4 nitrogen and oxygen atoms in total. The Hall–Kier alpha value is -3.19. The predicted octanol–water partition coefficient (Wildman–Crippen LogP) is 3.81. The molecule has 0 N–H and O–H groups in total. The van der Waals surface area contributed by atoms with Crippen LogP contribution >= 0.6 is 0 Å². The summed E-state index contributed by atoms with van der Waals surface area (Å²) in [5, 5.41) is 8.92. The number of nitrogens with zero attached hydrogens (tertiary/aromatic N) is 3. The Morgan fingerprint density at radius 1 is 0.857 bits per heavy atom. The van der Waals surface area contributed by atoms with E-state index in [1.165, 1.54) is 0 Å². The van der Waals surface area contributed by atoms with Gasteiger partial charge in [0.15, 0.2) is 0 Å². The second-order valence-corrected chi connectivity index (χ2v) is 4.36. The average Bonchev–Trinajstić information content (AvgIpc) is 2.56. The van der Waals surface area contributed by atoms with Crippen molar-refractivity contribution >= 4 is 0 Å². The monoisotopic (exact) mass is 273 g/mol. The lowest BCUT2D eigenvalue weighted by Crippen LogP contribution is -1.92. The lowest BCUT2D eigenvalue weighted by Gasteiger charge is -2.05. The highest BCUT2D eigenvalue weighted by Gasteiger charge is 2.03. The summed E-state index contributed by atoms with van der Waals surface area (Å²) in [6.07, 6.45) is 3.36. The fourth-order valence-corrected chi connectivity index (χ4v) is 1.88. The predicted molar refractivity (Wildman–Crippen MR) is 78.7 cm³/mol. The maximum atomic E-state index is 8.92. The SMILES string of the molecule is N#Cc1cccc(-c2cnc(Oc3ccccc3)nc2)c1. The Balaban J connectivity index is 1.82.